The third kappa shape index (κ3) is 3.47. The van der Waals surface area contributed by atoms with E-state index in [0.717, 1.165) is 0 Å². The maximum absolute atomic E-state index is 12.4. The molecule has 24 heavy (non-hydrogen) atoms. The Hall–Kier alpha value is -2.24. The fourth-order valence-electron chi connectivity index (χ4n) is 2.49. The number of rotatable bonds is 3. The maximum Gasteiger partial charge on any atom is 0.268 e. The van der Waals surface area contributed by atoms with Crippen LogP contribution in [0.25, 0.3) is 0 Å². The van der Waals surface area contributed by atoms with Gasteiger partial charge in [0, 0.05) is 15.7 Å². The molecule has 0 aromatic heterocycles. The fraction of sp³-hybridized carbons (Fsp3) is 0.176. The predicted octanol–water partition coefficient (Wildman–Crippen LogP) is 3.75. The van der Waals surface area contributed by atoms with Crippen LogP contribution in [-0.2, 0) is 9.59 Å². The van der Waals surface area contributed by atoms with Crippen molar-refractivity contribution < 1.29 is 14.3 Å². The van der Waals surface area contributed by atoms with Crippen LogP contribution < -0.4 is 15.0 Å². The summed E-state index contributed by atoms with van der Waals surface area (Å²) in [6, 6.07) is 11.8. The number of hydrogen-bond donors (Lipinski definition) is 1. The van der Waals surface area contributed by atoms with E-state index in [1.165, 1.54) is 4.90 Å². The third-order valence-electron chi connectivity index (χ3n) is 3.52. The zero-order valence-corrected chi connectivity index (χ0v) is 14.3. The van der Waals surface area contributed by atoms with Crippen LogP contribution in [0.5, 0.6) is 5.75 Å². The van der Waals surface area contributed by atoms with Crippen molar-refractivity contribution in [2.45, 2.75) is 13.0 Å². The number of carbonyl (C=O) groups excluding carboxylic acids is 2. The standard InChI is InChI=1S/C17H14Cl2N2O3/c1-10-17(23)21(14-4-2-3-5-15(14)24-10)9-16(22)20-13-7-11(18)6-12(19)8-13/h2-8,10H,9H2,1H3,(H,20,22). The number of nitrogens with zero attached hydrogens (tertiary/aromatic N) is 1. The lowest BCUT2D eigenvalue weighted by molar-refractivity contribution is -0.127. The van der Waals surface area contributed by atoms with Crippen molar-refractivity contribution in [2.24, 2.45) is 0 Å². The summed E-state index contributed by atoms with van der Waals surface area (Å²) in [5.41, 5.74) is 1.04. The smallest absolute Gasteiger partial charge is 0.268 e. The van der Waals surface area contributed by atoms with Crippen molar-refractivity contribution in [1.82, 2.24) is 0 Å². The van der Waals surface area contributed by atoms with Crippen molar-refractivity contribution >= 4 is 46.4 Å². The van der Waals surface area contributed by atoms with Gasteiger partial charge in [0.05, 0.1) is 5.69 Å². The minimum atomic E-state index is -0.645. The molecule has 7 heteroatoms. The van der Waals surface area contributed by atoms with Crippen LogP contribution in [0, 0.1) is 0 Å². The Bertz CT molecular complexity index is 790. The molecule has 0 spiro atoms. The van der Waals surface area contributed by atoms with E-state index in [2.05, 4.69) is 5.32 Å². The van der Waals surface area contributed by atoms with Gasteiger partial charge in [-0.1, -0.05) is 35.3 Å². The lowest BCUT2D eigenvalue weighted by Crippen LogP contribution is -2.47. The van der Waals surface area contributed by atoms with Gasteiger partial charge in [-0.15, -0.1) is 0 Å². The summed E-state index contributed by atoms with van der Waals surface area (Å²) in [6.45, 7) is 1.52. The third-order valence-corrected chi connectivity index (χ3v) is 3.96. The van der Waals surface area contributed by atoms with Gasteiger partial charge in [-0.25, -0.2) is 0 Å². The molecule has 0 radical (unpaired) electrons. The molecular weight excluding hydrogens is 351 g/mol. The topological polar surface area (TPSA) is 58.6 Å². The molecule has 1 N–H and O–H groups in total. The van der Waals surface area contributed by atoms with Crippen molar-refractivity contribution in [3.8, 4) is 5.75 Å². The van der Waals surface area contributed by atoms with E-state index in [4.69, 9.17) is 27.9 Å². The molecule has 2 aromatic carbocycles. The summed E-state index contributed by atoms with van der Waals surface area (Å²) in [5, 5.41) is 3.53. The maximum atomic E-state index is 12.4. The number of anilines is 2. The van der Waals surface area contributed by atoms with Crippen LogP contribution in [0.3, 0.4) is 0 Å². The molecule has 0 saturated heterocycles. The second-order valence-corrected chi connectivity index (χ2v) is 6.23. The lowest BCUT2D eigenvalue weighted by atomic mass is 10.2. The van der Waals surface area contributed by atoms with Gasteiger partial charge in [-0.2, -0.15) is 0 Å². The Morgan fingerprint density at radius 3 is 2.58 bits per heavy atom. The summed E-state index contributed by atoms with van der Waals surface area (Å²) < 4.78 is 5.55. The highest BCUT2D eigenvalue weighted by molar-refractivity contribution is 6.35. The van der Waals surface area contributed by atoms with Crippen molar-refractivity contribution in [3.63, 3.8) is 0 Å². The van der Waals surface area contributed by atoms with Gasteiger partial charge in [0.2, 0.25) is 5.91 Å². The SMILES string of the molecule is CC1Oc2ccccc2N(CC(=O)Nc2cc(Cl)cc(Cl)c2)C1=O. The van der Waals surface area contributed by atoms with Gasteiger partial charge in [0.25, 0.3) is 5.91 Å². The van der Waals surface area contributed by atoms with Crippen LogP contribution in [0.4, 0.5) is 11.4 Å². The molecule has 1 aliphatic heterocycles. The van der Waals surface area contributed by atoms with Crippen LogP contribution >= 0.6 is 23.2 Å². The van der Waals surface area contributed by atoms with Gasteiger partial charge in [0.15, 0.2) is 6.10 Å². The zero-order chi connectivity index (χ0) is 17.3. The highest BCUT2D eigenvalue weighted by atomic mass is 35.5. The largest absolute Gasteiger partial charge is 0.479 e. The van der Waals surface area contributed by atoms with Gasteiger partial charge in [0.1, 0.15) is 12.3 Å². The summed E-state index contributed by atoms with van der Waals surface area (Å²) in [6.07, 6.45) is -0.645. The van der Waals surface area contributed by atoms with Gasteiger partial charge in [-0.05, 0) is 37.3 Å². The number of amides is 2. The van der Waals surface area contributed by atoms with E-state index in [0.29, 0.717) is 27.2 Å². The monoisotopic (exact) mass is 364 g/mol. The second-order valence-electron chi connectivity index (χ2n) is 5.36. The number of hydrogen-bond acceptors (Lipinski definition) is 3. The van der Waals surface area contributed by atoms with Crippen molar-refractivity contribution in [1.29, 1.82) is 0 Å². The summed E-state index contributed by atoms with van der Waals surface area (Å²) >= 11 is 11.8. The summed E-state index contributed by atoms with van der Waals surface area (Å²) in [7, 11) is 0. The van der Waals surface area contributed by atoms with Gasteiger partial charge in [-0.3, -0.25) is 14.5 Å². The van der Waals surface area contributed by atoms with Crippen LogP contribution in [0.2, 0.25) is 10.0 Å². The predicted molar refractivity (Wildman–Crippen MR) is 94.0 cm³/mol. The van der Waals surface area contributed by atoms with E-state index in [9.17, 15) is 9.59 Å². The normalized spacial score (nSPS) is 16.4. The number of ether oxygens (including phenoxy) is 1. The lowest BCUT2D eigenvalue weighted by Gasteiger charge is -2.32. The molecule has 124 valence electrons. The Morgan fingerprint density at radius 2 is 1.88 bits per heavy atom. The molecule has 1 heterocycles. The molecule has 2 aromatic rings. The first-order valence-electron chi connectivity index (χ1n) is 7.27. The minimum absolute atomic E-state index is 0.131. The number of halogens is 2. The van der Waals surface area contributed by atoms with E-state index < -0.39 is 6.10 Å². The van der Waals surface area contributed by atoms with E-state index in [-0.39, 0.29) is 18.4 Å². The van der Waals surface area contributed by atoms with E-state index >= 15 is 0 Å². The summed E-state index contributed by atoms with van der Waals surface area (Å²) in [5.74, 6) is -0.0539. The zero-order valence-electron chi connectivity index (χ0n) is 12.8. The molecule has 1 aliphatic rings. The molecule has 5 nitrogen and oxygen atoms in total. The average molecular weight is 365 g/mol. The second kappa shape index (κ2) is 6.71. The Kier molecular flexibility index (Phi) is 4.64. The molecule has 0 aliphatic carbocycles. The van der Waals surface area contributed by atoms with Gasteiger partial charge >= 0.3 is 0 Å². The molecule has 0 saturated carbocycles. The van der Waals surface area contributed by atoms with Crippen LogP contribution in [-0.4, -0.2) is 24.5 Å². The molecule has 1 unspecified atom stereocenters. The van der Waals surface area contributed by atoms with E-state index in [1.807, 2.05) is 6.07 Å². The van der Waals surface area contributed by atoms with Crippen LogP contribution in [0.15, 0.2) is 42.5 Å². The number of carbonyl (C=O) groups is 2. The summed E-state index contributed by atoms with van der Waals surface area (Å²) in [4.78, 5) is 26.1. The quantitative estimate of drug-likeness (QED) is 0.902. The molecule has 2 amide bonds. The Morgan fingerprint density at radius 1 is 1.21 bits per heavy atom. The number of benzene rings is 2. The minimum Gasteiger partial charge on any atom is -0.479 e. The highest BCUT2D eigenvalue weighted by Gasteiger charge is 2.32. The molecule has 1 atom stereocenters. The van der Waals surface area contributed by atoms with Crippen molar-refractivity contribution in [2.75, 3.05) is 16.8 Å². The van der Waals surface area contributed by atoms with Gasteiger partial charge < -0.3 is 10.1 Å². The first-order valence-corrected chi connectivity index (χ1v) is 8.02. The first kappa shape index (κ1) is 16.6. The number of fused-ring (bicyclic) bond motifs is 1. The Balaban J connectivity index is 1.79. The molecule has 0 fully saturated rings. The first-order chi connectivity index (χ1) is 11.4. The molecule has 3 rings (SSSR count). The van der Waals surface area contributed by atoms with E-state index in [1.54, 1.807) is 43.3 Å². The number of para-hydroxylation sites is 2. The highest BCUT2D eigenvalue weighted by Crippen LogP contribution is 2.33. The molecule has 0 bridgehead atoms. The fourth-order valence-corrected chi connectivity index (χ4v) is 3.02. The van der Waals surface area contributed by atoms with Crippen LogP contribution in [0.1, 0.15) is 6.92 Å². The Labute approximate surface area is 149 Å². The van der Waals surface area contributed by atoms with Crippen molar-refractivity contribution in [3.05, 3.63) is 52.5 Å². The average Bonchev–Trinajstić information content (AvgIpc) is 2.50. The molecular formula is C17H14Cl2N2O3. The number of nitrogens with one attached hydrogen (secondary N) is 1.